The second-order valence-electron chi connectivity index (χ2n) is 3.66. The highest BCUT2D eigenvalue weighted by molar-refractivity contribution is 7.99. The Labute approximate surface area is 98.3 Å². The molecule has 0 bridgehead atoms. The fraction of sp³-hybridized carbons (Fsp3) is 0.700. The lowest BCUT2D eigenvalue weighted by Crippen LogP contribution is -2.08. The number of thiazole rings is 1. The van der Waals surface area contributed by atoms with E-state index in [2.05, 4.69) is 10.4 Å². The van der Waals surface area contributed by atoms with E-state index < -0.39 is 0 Å². The molecule has 0 aromatic carbocycles. The molecule has 78 valence electrons. The van der Waals surface area contributed by atoms with Gasteiger partial charge in [0.15, 0.2) is 4.47 Å². The van der Waals surface area contributed by atoms with Crippen molar-refractivity contribution in [3.8, 4) is 0 Å². The van der Waals surface area contributed by atoms with Crippen molar-refractivity contribution in [1.82, 2.24) is 4.98 Å². The van der Waals surface area contributed by atoms with Crippen LogP contribution in [0.25, 0.3) is 0 Å². The molecule has 1 saturated carbocycles. The van der Waals surface area contributed by atoms with Gasteiger partial charge < -0.3 is 0 Å². The van der Waals surface area contributed by atoms with E-state index in [1.165, 1.54) is 43.4 Å². The van der Waals surface area contributed by atoms with Crippen LogP contribution in [0.5, 0.6) is 0 Å². The Morgan fingerprint density at radius 1 is 1.43 bits per heavy atom. The number of hydrogen-bond donors (Lipinski definition) is 0. The zero-order valence-electron chi connectivity index (χ0n) is 8.04. The van der Waals surface area contributed by atoms with Gasteiger partial charge in [0, 0.05) is 16.4 Å². The summed E-state index contributed by atoms with van der Waals surface area (Å²) in [6.45, 7) is 0. The zero-order chi connectivity index (χ0) is 9.80. The van der Waals surface area contributed by atoms with Crippen LogP contribution in [0, 0.1) is 0 Å². The van der Waals surface area contributed by atoms with Crippen molar-refractivity contribution in [2.75, 3.05) is 0 Å². The first kappa shape index (κ1) is 10.8. The molecule has 1 aliphatic rings. The molecule has 2 rings (SSSR count). The van der Waals surface area contributed by atoms with E-state index in [4.69, 9.17) is 11.6 Å². The molecule has 1 fully saturated rings. The third-order valence-corrected chi connectivity index (χ3v) is 4.98. The summed E-state index contributed by atoms with van der Waals surface area (Å²) in [7, 11) is 0. The number of aromatic nitrogens is 1. The molecule has 1 aliphatic carbocycles. The number of nitrogens with zero attached hydrogens (tertiary/aromatic N) is 1. The van der Waals surface area contributed by atoms with Gasteiger partial charge in [0.25, 0.3) is 0 Å². The summed E-state index contributed by atoms with van der Waals surface area (Å²) in [6, 6.07) is 0. The average molecular weight is 248 g/mol. The van der Waals surface area contributed by atoms with Crippen LogP contribution >= 0.6 is 34.7 Å². The first-order chi connectivity index (χ1) is 6.84. The fourth-order valence-corrected chi connectivity index (χ4v) is 3.89. The Kier molecular flexibility index (Phi) is 4.14. The molecule has 0 spiro atoms. The number of thioether (sulfide) groups is 1. The quantitative estimate of drug-likeness (QED) is 0.787. The molecule has 0 radical (unpaired) electrons. The Morgan fingerprint density at radius 2 is 2.21 bits per heavy atom. The zero-order valence-corrected chi connectivity index (χ0v) is 10.4. The number of hydrogen-bond acceptors (Lipinski definition) is 3. The molecule has 1 aromatic rings. The van der Waals surface area contributed by atoms with Crippen molar-refractivity contribution in [2.24, 2.45) is 0 Å². The van der Waals surface area contributed by atoms with E-state index in [-0.39, 0.29) is 0 Å². The van der Waals surface area contributed by atoms with E-state index >= 15 is 0 Å². The van der Waals surface area contributed by atoms with Crippen molar-refractivity contribution in [3.63, 3.8) is 0 Å². The highest BCUT2D eigenvalue weighted by Gasteiger charge is 2.14. The van der Waals surface area contributed by atoms with Gasteiger partial charge in [0.1, 0.15) is 0 Å². The number of rotatable bonds is 3. The second kappa shape index (κ2) is 5.38. The summed E-state index contributed by atoms with van der Waals surface area (Å²) in [6.07, 6.45) is 7.04. The molecule has 4 heteroatoms. The maximum absolute atomic E-state index is 5.78. The van der Waals surface area contributed by atoms with E-state index in [9.17, 15) is 0 Å². The fourth-order valence-electron chi connectivity index (χ4n) is 1.78. The Balaban J connectivity index is 1.76. The van der Waals surface area contributed by atoms with Crippen LogP contribution in [0.4, 0.5) is 0 Å². The smallest absolute Gasteiger partial charge is 0.183 e. The van der Waals surface area contributed by atoms with Crippen molar-refractivity contribution in [2.45, 2.75) is 43.1 Å². The lowest BCUT2D eigenvalue weighted by atomic mass is 10.0. The third-order valence-electron chi connectivity index (χ3n) is 2.54. The molecule has 0 saturated heterocycles. The second-order valence-corrected chi connectivity index (χ2v) is 6.39. The van der Waals surface area contributed by atoms with Gasteiger partial charge in [-0.2, -0.15) is 11.8 Å². The van der Waals surface area contributed by atoms with Gasteiger partial charge >= 0.3 is 0 Å². The number of halogens is 1. The van der Waals surface area contributed by atoms with Crippen LogP contribution in [-0.2, 0) is 5.75 Å². The van der Waals surface area contributed by atoms with Crippen LogP contribution in [-0.4, -0.2) is 10.2 Å². The van der Waals surface area contributed by atoms with Crippen molar-refractivity contribution < 1.29 is 0 Å². The Morgan fingerprint density at radius 3 is 2.86 bits per heavy atom. The predicted octanol–water partition coefficient (Wildman–Crippen LogP) is 4.36. The first-order valence-corrected chi connectivity index (χ1v) is 7.37. The highest BCUT2D eigenvalue weighted by atomic mass is 35.5. The molecular weight excluding hydrogens is 234 g/mol. The van der Waals surface area contributed by atoms with Crippen LogP contribution < -0.4 is 0 Å². The molecule has 0 N–H and O–H groups in total. The minimum Gasteiger partial charge on any atom is -0.229 e. The molecular formula is C10H14ClNS2. The summed E-state index contributed by atoms with van der Waals surface area (Å²) in [4.78, 5) is 4.26. The Bertz CT molecular complexity index is 281. The lowest BCUT2D eigenvalue weighted by Gasteiger charge is -2.20. The van der Waals surface area contributed by atoms with Gasteiger partial charge in [-0.3, -0.25) is 0 Å². The van der Waals surface area contributed by atoms with Crippen LogP contribution in [0.2, 0.25) is 4.47 Å². The van der Waals surface area contributed by atoms with E-state index in [0.717, 1.165) is 16.7 Å². The SMILES string of the molecule is Clc1nc(CSC2CCCCC2)cs1. The van der Waals surface area contributed by atoms with E-state index in [1.807, 2.05) is 11.8 Å². The van der Waals surface area contributed by atoms with Crippen LogP contribution in [0.1, 0.15) is 37.8 Å². The molecule has 1 aromatic heterocycles. The molecule has 1 heterocycles. The Hall–Kier alpha value is 0.270. The van der Waals surface area contributed by atoms with E-state index in [0.29, 0.717) is 4.47 Å². The monoisotopic (exact) mass is 247 g/mol. The summed E-state index contributed by atoms with van der Waals surface area (Å²) in [5.41, 5.74) is 1.15. The van der Waals surface area contributed by atoms with Crippen LogP contribution in [0.3, 0.4) is 0 Å². The molecule has 0 amide bonds. The van der Waals surface area contributed by atoms with Crippen LogP contribution in [0.15, 0.2) is 5.38 Å². The van der Waals surface area contributed by atoms with Gasteiger partial charge in [-0.05, 0) is 12.8 Å². The molecule has 0 atom stereocenters. The maximum Gasteiger partial charge on any atom is 0.183 e. The standard InChI is InChI=1S/C10H14ClNS2/c11-10-12-8(7-14-10)6-13-9-4-2-1-3-5-9/h7,9H,1-6H2. The topological polar surface area (TPSA) is 12.9 Å². The minimum atomic E-state index is 0.671. The third kappa shape index (κ3) is 3.14. The summed E-state index contributed by atoms with van der Waals surface area (Å²) in [5, 5.41) is 2.93. The first-order valence-electron chi connectivity index (χ1n) is 5.06. The van der Waals surface area contributed by atoms with Gasteiger partial charge in [0.2, 0.25) is 0 Å². The summed E-state index contributed by atoms with van der Waals surface area (Å²) < 4.78 is 0.671. The molecule has 0 unspecified atom stereocenters. The molecule has 1 nitrogen and oxygen atoms in total. The van der Waals surface area contributed by atoms with Crippen molar-refractivity contribution in [3.05, 3.63) is 15.5 Å². The van der Waals surface area contributed by atoms with Gasteiger partial charge in [-0.25, -0.2) is 4.98 Å². The highest BCUT2D eigenvalue weighted by Crippen LogP contribution is 2.30. The minimum absolute atomic E-state index is 0.671. The molecule has 14 heavy (non-hydrogen) atoms. The largest absolute Gasteiger partial charge is 0.229 e. The van der Waals surface area contributed by atoms with Gasteiger partial charge in [0.05, 0.1) is 5.69 Å². The summed E-state index contributed by atoms with van der Waals surface area (Å²) in [5.74, 6) is 1.04. The average Bonchev–Trinajstić information content (AvgIpc) is 2.63. The van der Waals surface area contributed by atoms with Gasteiger partial charge in [-0.1, -0.05) is 30.9 Å². The van der Waals surface area contributed by atoms with Gasteiger partial charge in [-0.15, -0.1) is 11.3 Å². The maximum atomic E-state index is 5.78. The predicted molar refractivity (Wildman–Crippen MR) is 65.3 cm³/mol. The molecule has 0 aliphatic heterocycles. The normalized spacial score (nSPS) is 18.6. The summed E-state index contributed by atoms with van der Waals surface area (Å²) >= 11 is 9.36. The van der Waals surface area contributed by atoms with Crippen molar-refractivity contribution in [1.29, 1.82) is 0 Å². The van der Waals surface area contributed by atoms with Crippen molar-refractivity contribution >= 4 is 34.7 Å². The lowest BCUT2D eigenvalue weighted by molar-refractivity contribution is 0.516. The van der Waals surface area contributed by atoms with E-state index in [1.54, 1.807) is 0 Å².